The lowest BCUT2D eigenvalue weighted by Crippen LogP contribution is -2.44. The van der Waals surface area contributed by atoms with E-state index in [1.165, 1.54) is 0 Å². The Hall–Kier alpha value is -2.29. The number of aliphatic imine (C=N–C) groups is 1. The standard InChI is InChI=1S/C23H30N4O2.HI/c1-3-22(28)27-13-12-20(16-27)26-23(24-2)25-15-18-8-7-9-19(14-18)17-29-21-10-5-4-6-11-21;/h4-11,14,20H,3,12-13,15-17H2,1-2H3,(H2,24,25,26);1H. The van der Waals surface area contributed by atoms with Crippen LogP contribution in [0.15, 0.2) is 59.6 Å². The number of hydrogen-bond acceptors (Lipinski definition) is 3. The second-order valence-electron chi connectivity index (χ2n) is 7.17. The molecule has 2 aromatic rings. The predicted octanol–water partition coefficient (Wildman–Crippen LogP) is 3.56. The molecule has 1 aliphatic heterocycles. The van der Waals surface area contributed by atoms with Gasteiger partial charge >= 0.3 is 0 Å². The average molecular weight is 522 g/mol. The molecule has 0 saturated carbocycles. The van der Waals surface area contributed by atoms with Crippen molar-refractivity contribution in [3.63, 3.8) is 0 Å². The molecule has 2 aromatic carbocycles. The molecular weight excluding hydrogens is 491 g/mol. The van der Waals surface area contributed by atoms with E-state index in [1.807, 2.05) is 48.2 Å². The number of carbonyl (C=O) groups excluding carboxylic acids is 1. The first-order chi connectivity index (χ1) is 14.2. The molecule has 1 heterocycles. The van der Waals surface area contributed by atoms with E-state index in [1.54, 1.807) is 7.05 Å². The van der Waals surface area contributed by atoms with Gasteiger partial charge < -0.3 is 20.3 Å². The van der Waals surface area contributed by atoms with E-state index < -0.39 is 0 Å². The number of rotatable bonds is 7. The first-order valence-corrected chi connectivity index (χ1v) is 10.2. The molecule has 1 unspecified atom stereocenters. The van der Waals surface area contributed by atoms with Crippen LogP contribution in [0.1, 0.15) is 30.9 Å². The van der Waals surface area contributed by atoms with Gasteiger partial charge in [0.15, 0.2) is 5.96 Å². The van der Waals surface area contributed by atoms with Gasteiger partial charge in [0.05, 0.1) is 0 Å². The summed E-state index contributed by atoms with van der Waals surface area (Å²) in [6.07, 6.45) is 1.50. The van der Waals surface area contributed by atoms with Crippen molar-refractivity contribution < 1.29 is 9.53 Å². The van der Waals surface area contributed by atoms with E-state index in [9.17, 15) is 4.79 Å². The van der Waals surface area contributed by atoms with E-state index in [0.717, 1.165) is 42.3 Å². The summed E-state index contributed by atoms with van der Waals surface area (Å²) < 4.78 is 5.83. The number of hydrogen-bond donors (Lipinski definition) is 2. The molecule has 30 heavy (non-hydrogen) atoms. The maximum atomic E-state index is 11.8. The molecule has 0 aromatic heterocycles. The van der Waals surface area contributed by atoms with Crippen molar-refractivity contribution in [2.24, 2.45) is 4.99 Å². The third-order valence-corrected chi connectivity index (χ3v) is 5.01. The molecule has 1 aliphatic rings. The smallest absolute Gasteiger partial charge is 0.222 e. The normalized spacial score (nSPS) is 16.0. The Balaban J connectivity index is 0.00000320. The molecule has 0 radical (unpaired) electrons. The van der Waals surface area contributed by atoms with Gasteiger partial charge in [0, 0.05) is 39.1 Å². The fraction of sp³-hybridized carbons (Fsp3) is 0.391. The second kappa shape index (κ2) is 12.4. The van der Waals surface area contributed by atoms with E-state index in [2.05, 4.69) is 33.8 Å². The first-order valence-electron chi connectivity index (χ1n) is 10.2. The van der Waals surface area contributed by atoms with Crippen LogP contribution < -0.4 is 15.4 Å². The molecule has 2 N–H and O–H groups in total. The summed E-state index contributed by atoms with van der Waals surface area (Å²) in [4.78, 5) is 18.1. The highest BCUT2D eigenvalue weighted by atomic mass is 127. The SMILES string of the molecule is CCC(=O)N1CCC(NC(=NC)NCc2cccc(COc3ccccc3)c2)C1.I. The predicted molar refractivity (Wildman–Crippen MR) is 131 cm³/mol. The van der Waals surface area contributed by atoms with Gasteiger partial charge in [-0.1, -0.05) is 49.4 Å². The van der Waals surface area contributed by atoms with Crippen LogP contribution in [-0.4, -0.2) is 42.9 Å². The highest BCUT2D eigenvalue weighted by Gasteiger charge is 2.25. The fourth-order valence-electron chi connectivity index (χ4n) is 3.41. The average Bonchev–Trinajstić information content (AvgIpc) is 3.24. The van der Waals surface area contributed by atoms with Crippen LogP contribution in [0.25, 0.3) is 0 Å². The Morgan fingerprint density at radius 1 is 1.17 bits per heavy atom. The summed E-state index contributed by atoms with van der Waals surface area (Å²) in [7, 11) is 1.77. The van der Waals surface area contributed by atoms with Crippen LogP contribution in [0.3, 0.4) is 0 Å². The number of likely N-dealkylation sites (tertiary alicyclic amines) is 1. The molecule has 6 nitrogen and oxygen atoms in total. The van der Waals surface area contributed by atoms with Gasteiger partial charge in [-0.15, -0.1) is 24.0 Å². The van der Waals surface area contributed by atoms with E-state index >= 15 is 0 Å². The van der Waals surface area contributed by atoms with Gasteiger partial charge in [0.25, 0.3) is 0 Å². The van der Waals surface area contributed by atoms with Gasteiger partial charge in [-0.3, -0.25) is 9.79 Å². The summed E-state index contributed by atoms with van der Waals surface area (Å²) in [5.74, 6) is 1.84. The Labute approximate surface area is 196 Å². The zero-order valence-electron chi connectivity index (χ0n) is 17.6. The summed E-state index contributed by atoms with van der Waals surface area (Å²) in [5, 5.41) is 6.79. The van der Waals surface area contributed by atoms with E-state index in [0.29, 0.717) is 19.6 Å². The maximum absolute atomic E-state index is 11.8. The third kappa shape index (κ3) is 7.19. The molecule has 1 saturated heterocycles. The van der Waals surface area contributed by atoms with Crippen molar-refractivity contribution in [2.45, 2.75) is 39.0 Å². The van der Waals surface area contributed by atoms with Gasteiger partial charge in [-0.2, -0.15) is 0 Å². The summed E-state index contributed by atoms with van der Waals surface area (Å²) in [6.45, 7) is 4.66. The highest BCUT2D eigenvalue weighted by Crippen LogP contribution is 2.13. The third-order valence-electron chi connectivity index (χ3n) is 5.01. The number of ether oxygens (including phenoxy) is 1. The minimum absolute atomic E-state index is 0. The summed E-state index contributed by atoms with van der Waals surface area (Å²) in [6, 6.07) is 18.4. The number of para-hydroxylation sites is 1. The maximum Gasteiger partial charge on any atom is 0.222 e. The Kier molecular flexibility index (Phi) is 9.93. The van der Waals surface area contributed by atoms with Crippen molar-refractivity contribution in [3.05, 3.63) is 65.7 Å². The molecule has 0 bridgehead atoms. The van der Waals surface area contributed by atoms with Gasteiger partial charge in [-0.05, 0) is 29.7 Å². The van der Waals surface area contributed by atoms with Crippen LogP contribution in [0.4, 0.5) is 0 Å². The van der Waals surface area contributed by atoms with Crippen molar-refractivity contribution >= 4 is 35.8 Å². The fourth-order valence-corrected chi connectivity index (χ4v) is 3.41. The molecule has 1 amide bonds. The van der Waals surface area contributed by atoms with Gasteiger partial charge in [0.1, 0.15) is 12.4 Å². The number of benzene rings is 2. The Morgan fingerprint density at radius 3 is 2.67 bits per heavy atom. The minimum Gasteiger partial charge on any atom is -0.489 e. The van der Waals surface area contributed by atoms with Crippen LogP contribution in [0, 0.1) is 0 Å². The van der Waals surface area contributed by atoms with E-state index in [4.69, 9.17) is 4.74 Å². The van der Waals surface area contributed by atoms with Crippen molar-refractivity contribution in [2.75, 3.05) is 20.1 Å². The lowest BCUT2D eigenvalue weighted by molar-refractivity contribution is -0.129. The molecule has 1 fully saturated rings. The number of nitrogens with one attached hydrogen (secondary N) is 2. The molecule has 162 valence electrons. The van der Waals surface area contributed by atoms with Gasteiger partial charge in [-0.25, -0.2) is 0 Å². The number of carbonyl (C=O) groups is 1. The number of amides is 1. The second-order valence-corrected chi connectivity index (χ2v) is 7.17. The topological polar surface area (TPSA) is 66.0 Å². The van der Waals surface area contributed by atoms with Crippen molar-refractivity contribution in [1.82, 2.24) is 15.5 Å². The zero-order valence-corrected chi connectivity index (χ0v) is 20.0. The number of nitrogens with zero attached hydrogens (tertiary/aromatic N) is 2. The van der Waals surface area contributed by atoms with Crippen LogP contribution >= 0.6 is 24.0 Å². The largest absolute Gasteiger partial charge is 0.489 e. The van der Waals surface area contributed by atoms with Gasteiger partial charge in [0.2, 0.25) is 5.91 Å². The molecular formula is C23H31IN4O2. The molecule has 7 heteroatoms. The number of guanidine groups is 1. The quantitative estimate of drug-likeness (QED) is 0.332. The Bertz CT molecular complexity index is 829. The van der Waals surface area contributed by atoms with Crippen LogP contribution in [-0.2, 0) is 17.9 Å². The first kappa shape index (κ1) is 24.0. The van der Waals surface area contributed by atoms with Crippen LogP contribution in [0.5, 0.6) is 5.75 Å². The number of halogens is 1. The summed E-state index contributed by atoms with van der Waals surface area (Å²) >= 11 is 0. The lowest BCUT2D eigenvalue weighted by atomic mass is 10.1. The van der Waals surface area contributed by atoms with Crippen molar-refractivity contribution in [3.8, 4) is 5.75 Å². The highest BCUT2D eigenvalue weighted by molar-refractivity contribution is 14.0. The lowest BCUT2D eigenvalue weighted by Gasteiger charge is -2.19. The zero-order chi connectivity index (χ0) is 20.5. The minimum atomic E-state index is 0. The van der Waals surface area contributed by atoms with Crippen LogP contribution in [0.2, 0.25) is 0 Å². The molecule has 0 spiro atoms. The molecule has 3 rings (SSSR count). The van der Waals surface area contributed by atoms with Crippen molar-refractivity contribution in [1.29, 1.82) is 0 Å². The molecule has 1 atom stereocenters. The monoisotopic (exact) mass is 522 g/mol. The van der Waals surface area contributed by atoms with E-state index in [-0.39, 0.29) is 35.9 Å². The molecule has 0 aliphatic carbocycles. The summed E-state index contributed by atoms with van der Waals surface area (Å²) in [5.41, 5.74) is 2.29. The Morgan fingerprint density at radius 2 is 1.93 bits per heavy atom.